The molecule has 212 valence electrons. The van der Waals surface area contributed by atoms with Crippen molar-refractivity contribution in [2.24, 2.45) is 4.99 Å². The van der Waals surface area contributed by atoms with Crippen LogP contribution in [0.1, 0.15) is 35.6 Å². The normalized spacial score (nSPS) is 18.8. The molecule has 10 nitrogen and oxygen atoms in total. The lowest BCUT2D eigenvalue weighted by molar-refractivity contribution is -0.0645. The average molecular weight is 561 g/mol. The molecule has 42 heavy (non-hydrogen) atoms. The number of rotatable bonds is 10. The van der Waals surface area contributed by atoms with E-state index in [1.54, 1.807) is 36.4 Å². The van der Waals surface area contributed by atoms with Gasteiger partial charge in [-0.25, -0.2) is 14.5 Å². The fourth-order valence-corrected chi connectivity index (χ4v) is 5.72. The van der Waals surface area contributed by atoms with Crippen molar-refractivity contribution in [1.29, 1.82) is 5.26 Å². The van der Waals surface area contributed by atoms with Crippen LogP contribution in [0, 0.1) is 11.3 Å². The van der Waals surface area contributed by atoms with Crippen LogP contribution in [0.2, 0.25) is 0 Å². The molecule has 2 atom stereocenters. The van der Waals surface area contributed by atoms with Gasteiger partial charge in [-0.2, -0.15) is 10.4 Å². The van der Waals surface area contributed by atoms with E-state index in [1.807, 2.05) is 49.5 Å². The van der Waals surface area contributed by atoms with Crippen molar-refractivity contribution in [3.05, 3.63) is 102 Å². The number of pyridine rings is 3. The number of nitriles is 1. The van der Waals surface area contributed by atoms with Gasteiger partial charge < -0.3 is 14.4 Å². The predicted molar refractivity (Wildman–Crippen MR) is 160 cm³/mol. The standard InChI is InChI=1S/C32H32N8O2/c1-22(29-12-28(42-21-24-5-4-10-35-14-24)20-40-32(29)25(13-33)16-37-40)6-8-30(34-2)38-18-26-11-27(19-38)39(26)17-23-7-9-31(41-3)36-15-23/h4-10,12,14-16,20,26-27H,2,11,17-19,21H2,1,3H3/b22-6+,30-8+. The van der Waals surface area contributed by atoms with E-state index in [9.17, 15) is 5.26 Å². The number of fused-ring (bicyclic) bond motifs is 3. The maximum Gasteiger partial charge on any atom is 0.212 e. The van der Waals surface area contributed by atoms with E-state index in [1.165, 1.54) is 12.0 Å². The van der Waals surface area contributed by atoms with Crippen molar-refractivity contribution >= 4 is 17.8 Å². The number of piperidine rings is 1. The first-order chi connectivity index (χ1) is 20.6. The SMILES string of the molecule is C=N/C(=C\C=C(/C)c1cc(OCc2cccnc2)cn2ncc(C#N)c12)N1CC2CC(C1)N2Cc1ccc(OC)nc1. The Labute approximate surface area is 244 Å². The highest BCUT2D eigenvalue weighted by molar-refractivity contribution is 5.82. The van der Waals surface area contributed by atoms with Crippen LogP contribution < -0.4 is 9.47 Å². The number of hydrogen-bond donors (Lipinski definition) is 0. The van der Waals surface area contributed by atoms with Gasteiger partial charge in [0.1, 0.15) is 24.2 Å². The summed E-state index contributed by atoms with van der Waals surface area (Å²) in [6.45, 7) is 8.91. The van der Waals surface area contributed by atoms with Crippen molar-refractivity contribution in [2.75, 3.05) is 20.2 Å². The third kappa shape index (κ3) is 5.47. The number of aliphatic imine (C=N–C) groups is 1. The van der Waals surface area contributed by atoms with Gasteiger partial charge in [0.15, 0.2) is 0 Å². The highest BCUT2D eigenvalue weighted by atomic mass is 16.5. The number of hydrogen-bond acceptors (Lipinski definition) is 9. The Morgan fingerprint density at radius 2 is 2.02 bits per heavy atom. The van der Waals surface area contributed by atoms with Crippen molar-refractivity contribution in [2.45, 2.75) is 38.6 Å². The molecular formula is C32H32N8O2. The van der Waals surface area contributed by atoms with Gasteiger partial charge in [0.05, 0.1) is 30.6 Å². The molecule has 10 heteroatoms. The topological polar surface area (TPSA) is 104 Å². The molecule has 7 rings (SSSR count). The Kier molecular flexibility index (Phi) is 7.66. The van der Waals surface area contributed by atoms with Gasteiger partial charge in [-0.05, 0) is 49.4 Å². The molecule has 3 aliphatic heterocycles. The molecule has 0 aliphatic carbocycles. The Morgan fingerprint density at radius 1 is 1.17 bits per heavy atom. The van der Waals surface area contributed by atoms with E-state index in [0.29, 0.717) is 35.9 Å². The van der Waals surface area contributed by atoms with E-state index in [0.717, 1.165) is 47.7 Å². The average Bonchev–Trinajstić information content (AvgIpc) is 3.46. The van der Waals surface area contributed by atoms with E-state index in [4.69, 9.17) is 9.47 Å². The van der Waals surface area contributed by atoms with Crippen LogP contribution in [0.15, 0.2) is 84.3 Å². The molecule has 0 aromatic carbocycles. The molecule has 0 N–H and O–H groups in total. The quantitative estimate of drug-likeness (QED) is 0.207. The van der Waals surface area contributed by atoms with Gasteiger partial charge in [0, 0.05) is 67.5 Å². The second kappa shape index (κ2) is 11.8. The summed E-state index contributed by atoms with van der Waals surface area (Å²) in [6, 6.07) is 13.0. The van der Waals surface area contributed by atoms with Gasteiger partial charge in [-0.3, -0.25) is 9.88 Å². The summed E-state index contributed by atoms with van der Waals surface area (Å²) in [5, 5.41) is 14.1. The van der Waals surface area contributed by atoms with Crippen LogP contribution in [-0.2, 0) is 13.2 Å². The number of ether oxygens (including phenoxy) is 2. The Bertz CT molecular complexity index is 1680. The summed E-state index contributed by atoms with van der Waals surface area (Å²) in [5.74, 6) is 2.12. The van der Waals surface area contributed by atoms with Crippen LogP contribution in [-0.4, -0.2) is 68.4 Å². The smallest absolute Gasteiger partial charge is 0.212 e. The first kappa shape index (κ1) is 27.2. The molecule has 2 unspecified atom stereocenters. The zero-order chi connectivity index (χ0) is 29.1. The van der Waals surface area contributed by atoms with Crippen LogP contribution in [0.25, 0.3) is 11.1 Å². The number of piperazine rings is 1. The molecule has 3 fully saturated rings. The molecule has 0 spiro atoms. The van der Waals surface area contributed by atoms with Crippen molar-refractivity contribution < 1.29 is 9.47 Å². The minimum Gasteiger partial charge on any atom is -0.487 e. The first-order valence-corrected chi connectivity index (χ1v) is 13.8. The largest absolute Gasteiger partial charge is 0.487 e. The molecule has 4 aromatic heterocycles. The molecule has 3 saturated heterocycles. The van der Waals surface area contributed by atoms with Gasteiger partial charge >= 0.3 is 0 Å². The van der Waals surface area contributed by atoms with Crippen LogP contribution in [0.3, 0.4) is 0 Å². The summed E-state index contributed by atoms with van der Waals surface area (Å²) < 4.78 is 13.0. The maximum atomic E-state index is 9.73. The lowest BCUT2D eigenvalue weighted by atomic mass is 9.87. The van der Waals surface area contributed by atoms with Gasteiger partial charge in [0.25, 0.3) is 0 Å². The lowest BCUT2D eigenvalue weighted by Gasteiger charge is -2.57. The molecule has 7 heterocycles. The van der Waals surface area contributed by atoms with Crippen molar-refractivity contribution in [1.82, 2.24) is 29.4 Å². The summed E-state index contributed by atoms with van der Waals surface area (Å²) in [7, 11) is 1.63. The molecule has 4 aromatic rings. The predicted octanol–water partition coefficient (Wildman–Crippen LogP) is 4.49. The Morgan fingerprint density at radius 3 is 2.71 bits per heavy atom. The maximum absolute atomic E-state index is 9.73. The summed E-state index contributed by atoms with van der Waals surface area (Å²) in [6.07, 6.45) is 14.0. The molecule has 0 saturated carbocycles. The highest BCUT2D eigenvalue weighted by Crippen LogP contribution is 2.36. The van der Waals surface area contributed by atoms with Gasteiger partial charge in [0.2, 0.25) is 5.88 Å². The Hall–Kier alpha value is -5.01. The van der Waals surface area contributed by atoms with Crippen molar-refractivity contribution in [3.8, 4) is 17.7 Å². The minimum atomic E-state index is 0.377. The number of allylic oxidation sites excluding steroid dienone is 3. The van der Waals surface area contributed by atoms with E-state index < -0.39 is 0 Å². The monoisotopic (exact) mass is 560 g/mol. The minimum absolute atomic E-state index is 0.377. The molecular weight excluding hydrogens is 528 g/mol. The first-order valence-electron chi connectivity index (χ1n) is 13.8. The second-order valence-corrected chi connectivity index (χ2v) is 10.6. The number of nitrogens with zero attached hydrogens (tertiary/aromatic N) is 8. The molecule has 0 radical (unpaired) electrons. The molecule has 2 bridgehead atoms. The van der Waals surface area contributed by atoms with Gasteiger partial charge in [-0.1, -0.05) is 18.2 Å². The summed E-state index contributed by atoms with van der Waals surface area (Å²) >= 11 is 0. The fourth-order valence-electron chi connectivity index (χ4n) is 5.72. The van der Waals surface area contributed by atoms with Crippen LogP contribution in [0.5, 0.6) is 11.6 Å². The third-order valence-corrected chi connectivity index (χ3v) is 7.95. The zero-order valence-corrected chi connectivity index (χ0v) is 23.7. The lowest BCUT2D eigenvalue weighted by Crippen LogP contribution is -2.67. The summed E-state index contributed by atoms with van der Waals surface area (Å²) in [5.41, 5.74) is 5.22. The highest BCUT2D eigenvalue weighted by Gasteiger charge is 2.44. The second-order valence-electron chi connectivity index (χ2n) is 10.6. The zero-order valence-electron chi connectivity index (χ0n) is 23.7. The number of methoxy groups -OCH3 is 1. The summed E-state index contributed by atoms with van der Waals surface area (Å²) in [4.78, 5) is 17.7. The van der Waals surface area contributed by atoms with Crippen LogP contribution >= 0.6 is 0 Å². The number of aromatic nitrogens is 4. The molecule has 3 aliphatic rings. The van der Waals surface area contributed by atoms with E-state index in [-0.39, 0.29) is 0 Å². The van der Waals surface area contributed by atoms with Crippen molar-refractivity contribution in [3.63, 3.8) is 0 Å². The van der Waals surface area contributed by atoms with E-state index in [2.05, 4.69) is 48.7 Å². The fraction of sp³-hybridized carbons (Fsp3) is 0.281. The third-order valence-electron chi connectivity index (χ3n) is 7.95. The molecule has 0 amide bonds. The van der Waals surface area contributed by atoms with Gasteiger partial charge in [-0.15, -0.1) is 0 Å². The van der Waals surface area contributed by atoms with E-state index >= 15 is 0 Å². The Balaban J connectivity index is 1.19. The van der Waals surface area contributed by atoms with Crippen LogP contribution in [0.4, 0.5) is 0 Å².